The lowest BCUT2D eigenvalue weighted by atomic mass is 10.2. The number of amides is 1. The molecule has 0 saturated carbocycles. The van der Waals surface area contributed by atoms with E-state index in [0.29, 0.717) is 13.0 Å². The van der Waals surface area contributed by atoms with Gasteiger partial charge in [-0.3, -0.25) is 4.79 Å². The zero-order valence-electron chi connectivity index (χ0n) is 8.79. The predicted octanol–water partition coefficient (Wildman–Crippen LogP) is 1.15. The van der Waals surface area contributed by atoms with Gasteiger partial charge in [-0.25, -0.2) is 0 Å². The second-order valence-electron chi connectivity index (χ2n) is 3.39. The lowest BCUT2D eigenvalue weighted by Gasteiger charge is -2.27. The summed E-state index contributed by atoms with van der Waals surface area (Å²) in [6, 6.07) is -0.189. The zero-order chi connectivity index (χ0) is 10.4. The molecule has 0 aromatic carbocycles. The van der Waals surface area contributed by atoms with Crippen LogP contribution in [0.5, 0.6) is 0 Å². The lowest BCUT2D eigenvalue weighted by Crippen LogP contribution is -2.46. The zero-order valence-corrected chi connectivity index (χ0v) is 8.79. The highest BCUT2D eigenvalue weighted by atomic mass is 16.2. The maximum atomic E-state index is 11.7. The average Bonchev–Trinajstić information content (AvgIpc) is 2.11. The van der Waals surface area contributed by atoms with Crippen LogP contribution in [-0.4, -0.2) is 29.4 Å². The Kier molecular flexibility index (Phi) is 5.39. The van der Waals surface area contributed by atoms with E-state index in [2.05, 4.69) is 6.58 Å². The summed E-state index contributed by atoms with van der Waals surface area (Å²) in [6.07, 6.45) is 2.40. The molecule has 0 unspecified atom stereocenters. The first-order chi connectivity index (χ1) is 6.04. The molecule has 3 nitrogen and oxygen atoms in total. The van der Waals surface area contributed by atoms with Gasteiger partial charge in [0.15, 0.2) is 0 Å². The maximum Gasteiger partial charge on any atom is 0.239 e. The lowest BCUT2D eigenvalue weighted by molar-refractivity contribution is -0.133. The minimum atomic E-state index is -0.373. The fraction of sp³-hybridized carbons (Fsp3) is 0.700. The normalized spacial score (nSPS) is 12.7. The summed E-state index contributed by atoms with van der Waals surface area (Å²) in [5, 5.41) is 0. The number of nitrogens with zero attached hydrogens (tertiary/aromatic N) is 1. The van der Waals surface area contributed by atoms with Gasteiger partial charge in [0.1, 0.15) is 0 Å². The van der Waals surface area contributed by atoms with Gasteiger partial charge in [-0.15, -0.1) is 6.58 Å². The van der Waals surface area contributed by atoms with Crippen molar-refractivity contribution in [3.8, 4) is 0 Å². The maximum absolute atomic E-state index is 11.7. The van der Waals surface area contributed by atoms with Gasteiger partial charge < -0.3 is 10.6 Å². The number of carbonyl (C=O) groups is 1. The molecule has 0 aliphatic carbocycles. The van der Waals surface area contributed by atoms with Gasteiger partial charge in [0.2, 0.25) is 5.91 Å². The third-order valence-corrected chi connectivity index (χ3v) is 1.99. The van der Waals surface area contributed by atoms with Gasteiger partial charge in [-0.2, -0.15) is 0 Å². The molecule has 76 valence electrons. The minimum absolute atomic E-state index is 0.0115. The summed E-state index contributed by atoms with van der Waals surface area (Å²) >= 11 is 0. The van der Waals surface area contributed by atoms with Gasteiger partial charge >= 0.3 is 0 Å². The van der Waals surface area contributed by atoms with Crippen LogP contribution in [-0.2, 0) is 4.79 Å². The molecule has 0 spiro atoms. The molecule has 13 heavy (non-hydrogen) atoms. The molecule has 1 amide bonds. The SMILES string of the molecule is C=CCN(C(=O)[C@@H](N)CC)C(C)C. The van der Waals surface area contributed by atoms with Crippen molar-refractivity contribution in [1.29, 1.82) is 0 Å². The molecule has 0 aliphatic rings. The molecular weight excluding hydrogens is 164 g/mol. The predicted molar refractivity (Wildman–Crippen MR) is 55.3 cm³/mol. The van der Waals surface area contributed by atoms with E-state index in [1.165, 1.54) is 0 Å². The molecular formula is C10H20N2O. The Morgan fingerprint density at radius 3 is 2.46 bits per heavy atom. The first-order valence-electron chi connectivity index (χ1n) is 4.71. The fourth-order valence-corrected chi connectivity index (χ4v) is 1.08. The van der Waals surface area contributed by atoms with Gasteiger partial charge in [0.25, 0.3) is 0 Å². The van der Waals surface area contributed by atoms with Crippen LogP contribution in [0.3, 0.4) is 0 Å². The summed E-state index contributed by atoms with van der Waals surface area (Å²) in [7, 11) is 0. The van der Waals surface area contributed by atoms with E-state index in [9.17, 15) is 4.79 Å². The van der Waals surface area contributed by atoms with Crippen molar-refractivity contribution >= 4 is 5.91 Å². The van der Waals surface area contributed by atoms with Crippen LogP contribution in [0.15, 0.2) is 12.7 Å². The molecule has 0 heterocycles. The summed E-state index contributed by atoms with van der Waals surface area (Å²) < 4.78 is 0. The van der Waals surface area contributed by atoms with E-state index in [-0.39, 0.29) is 18.0 Å². The Hall–Kier alpha value is -0.830. The molecule has 0 aliphatic heterocycles. The smallest absolute Gasteiger partial charge is 0.239 e. The van der Waals surface area contributed by atoms with Crippen LogP contribution in [0, 0.1) is 0 Å². The molecule has 0 radical (unpaired) electrons. The Balaban J connectivity index is 4.35. The largest absolute Gasteiger partial charge is 0.335 e. The summed E-state index contributed by atoms with van der Waals surface area (Å²) in [4.78, 5) is 13.4. The summed E-state index contributed by atoms with van der Waals surface area (Å²) in [5.74, 6) is 0.0115. The standard InChI is InChI=1S/C10H20N2O/c1-5-7-12(8(3)4)10(13)9(11)6-2/h5,8-9H,1,6-7,11H2,2-4H3/t9-/m0/s1. The van der Waals surface area contributed by atoms with Gasteiger partial charge in [-0.05, 0) is 20.3 Å². The van der Waals surface area contributed by atoms with E-state index >= 15 is 0 Å². The molecule has 0 aromatic rings. The fourth-order valence-electron chi connectivity index (χ4n) is 1.08. The molecule has 0 bridgehead atoms. The number of carbonyl (C=O) groups excluding carboxylic acids is 1. The minimum Gasteiger partial charge on any atom is -0.335 e. The highest BCUT2D eigenvalue weighted by molar-refractivity contribution is 5.81. The topological polar surface area (TPSA) is 46.3 Å². The molecule has 0 fully saturated rings. The van der Waals surface area contributed by atoms with Crippen LogP contribution in [0.2, 0.25) is 0 Å². The van der Waals surface area contributed by atoms with Gasteiger partial charge in [0, 0.05) is 12.6 Å². The second-order valence-corrected chi connectivity index (χ2v) is 3.39. The highest BCUT2D eigenvalue weighted by Gasteiger charge is 2.20. The van der Waals surface area contributed by atoms with Crippen molar-refractivity contribution in [2.75, 3.05) is 6.54 Å². The van der Waals surface area contributed by atoms with Crippen LogP contribution >= 0.6 is 0 Å². The summed E-state index contributed by atoms with van der Waals surface area (Å²) in [5.41, 5.74) is 5.66. The summed E-state index contributed by atoms with van der Waals surface area (Å²) in [6.45, 7) is 10.1. The van der Waals surface area contributed by atoms with E-state index in [1.54, 1.807) is 11.0 Å². The van der Waals surface area contributed by atoms with E-state index in [1.807, 2.05) is 20.8 Å². The van der Waals surface area contributed by atoms with Crippen molar-refractivity contribution in [1.82, 2.24) is 4.90 Å². The molecule has 2 N–H and O–H groups in total. The van der Waals surface area contributed by atoms with E-state index in [0.717, 1.165) is 0 Å². The number of nitrogens with two attached hydrogens (primary N) is 1. The Morgan fingerprint density at radius 1 is 1.62 bits per heavy atom. The molecule has 1 atom stereocenters. The van der Waals surface area contributed by atoms with Crippen molar-refractivity contribution in [2.24, 2.45) is 5.73 Å². The van der Waals surface area contributed by atoms with Crippen molar-refractivity contribution < 1.29 is 4.79 Å². The quantitative estimate of drug-likeness (QED) is 0.651. The first kappa shape index (κ1) is 12.2. The first-order valence-corrected chi connectivity index (χ1v) is 4.71. The monoisotopic (exact) mass is 184 g/mol. The van der Waals surface area contributed by atoms with Crippen molar-refractivity contribution in [2.45, 2.75) is 39.3 Å². The van der Waals surface area contributed by atoms with Crippen LogP contribution in [0.25, 0.3) is 0 Å². The van der Waals surface area contributed by atoms with Crippen LogP contribution < -0.4 is 5.73 Å². The Morgan fingerprint density at radius 2 is 2.15 bits per heavy atom. The Labute approximate surface area is 80.6 Å². The number of hydrogen-bond donors (Lipinski definition) is 1. The number of hydrogen-bond acceptors (Lipinski definition) is 2. The second kappa shape index (κ2) is 5.75. The van der Waals surface area contributed by atoms with Crippen LogP contribution in [0.4, 0.5) is 0 Å². The van der Waals surface area contributed by atoms with Crippen molar-refractivity contribution in [3.05, 3.63) is 12.7 Å². The van der Waals surface area contributed by atoms with E-state index < -0.39 is 0 Å². The molecule has 0 saturated heterocycles. The van der Waals surface area contributed by atoms with Gasteiger partial charge in [-0.1, -0.05) is 13.0 Å². The average molecular weight is 184 g/mol. The molecule has 0 aromatic heterocycles. The molecule has 0 rings (SSSR count). The van der Waals surface area contributed by atoms with E-state index in [4.69, 9.17) is 5.73 Å². The third kappa shape index (κ3) is 3.59. The highest BCUT2D eigenvalue weighted by Crippen LogP contribution is 2.02. The van der Waals surface area contributed by atoms with Crippen LogP contribution in [0.1, 0.15) is 27.2 Å². The van der Waals surface area contributed by atoms with Crippen molar-refractivity contribution in [3.63, 3.8) is 0 Å². The third-order valence-electron chi connectivity index (χ3n) is 1.99. The number of rotatable bonds is 5. The van der Waals surface area contributed by atoms with Gasteiger partial charge in [0.05, 0.1) is 6.04 Å². The molecule has 3 heteroatoms. The Bertz CT molecular complexity index is 178.